The Balaban J connectivity index is 1.47. The standard InChI is InChI=1S/C18H26N2O2/c21-16-6-3-13-22-18(16)9-11-20(12-10-18)17-8-7-14-4-1-2-5-15(14)19-17/h7-8,16,21H,1-6,9-13H2. The topological polar surface area (TPSA) is 45.6 Å². The van der Waals surface area contributed by atoms with E-state index in [-0.39, 0.29) is 11.7 Å². The van der Waals surface area contributed by atoms with E-state index in [4.69, 9.17) is 9.72 Å². The molecule has 2 saturated heterocycles. The van der Waals surface area contributed by atoms with Gasteiger partial charge in [0.15, 0.2) is 0 Å². The number of rotatable bonds is 1. The van der Waals surface area contributed by atoms with E-state index in [0.717, 1.165) is 57.6 Å². The van der Waals surface area contributed by atoms with Gasteiger partial charge in [0.1, 0.15) is 5.82 Å². The minimum absolute atomic E-state index is 0.289. The number of hydrogen-bond acceptors (Lipinski definition) is 4. The van der Waals surface area contributed by atoms with E-state index in [1.165, 1.54) is 30.5 Å². The number of nitrogens with zero attached hydrogens (tertiary/aromatic N) is 2. The van der Waals surface area contributed by atoms with Crippen LogP contribution in [-0.2, 0) is 17.6 Å². The third-order valence-electron chi connectivity index (χ3n) is 5.72. The van der Waals surface area contributed by atoms with Crippen LogP contribution in [0.3, 0.4) is 0 Å². The van der Waals surface area contributed by atoms with E-state index in [9.17, 15) is 5.11 Å². The molecule has 2 fully saturated rings. The molecule has 120 valence electrons. The van der Waals surface area contributed by atoms with Crippen molar-refractivity contribution < 1.29 is 9.84 Å². The number of anilines is 1. The van der Waals surface area contributed by atoms with E-state index >= 15 is 0 Å². The number of fused-ring (bicyclic) bond motifs is 1. The Labute approximate surface area is 132 Å². The van der Waals surface area contributed by atoms with Crippen LogP contribution in [0.4, 0.5) is 5.82 Å². The molecule has 3 heterocycles. The Kier molecular flexibility index (Phi) is 3.82. The predicted molar refractivity (Wildman–Crippen MR) is 86.2 cm³/mol. The summed E-state index contributed by atoms with van der Waals surface area (Å²) in [6.45, 7) is 2.67. The van der Waals surface area contributed by atoms with E-state index in [2.05, 4.69) is 17.0 Å². The molecular weight excluding hydrogens is 276 g/mol. The molecule has 2 aliphatic heterocycles. The van der Waals surface area contributed by atoms with Crippen LogP contribution >= 0.6 is 0 Å². The van der Waals surface area contributed by atoms with Crippen LogP contribution in [0.25, 0.3) is 0 Å². The molecule has 0 aromatic carbocycles. The molecule has 0 amide bonds. The molecular formula is C18H26N2O2. The fourth-order valence-corrected chi connectivity index (χ4v) is 4.25. The number of pyridine rings is 1. The summed E-state index contributed by atoms with van der Waals surface area (Å²) in [7, 11) is 0. The zero-order valence-electron chi connectivity index (χ0n) is 13.3. The highest BCUT2D eigenvalue weighted by atomic mass is 16.5. The molecule has 4 nitrogen and oxygen atoms in total. The van der Waals surface area contributed by atoms with Crippen LogP contribution in [0.2, 0.25) is 0 Å². The van der Waals surface area contributed by atoms with Gasteiger partial charge < -0.3 is 14.7 Å². The number of aliphatic hydroxyl groups excluding tert-OH is 1. The Hall–Kier alpha value is -1.13. The quantitative estimate of drug-likeness (QED) is 0.865. The number of hydrogen-bond donors (Lipinski definition) is 1. The molecule has 1 aromatic rings. The number of aryl methyl sites for hydroxylation is 2. The van der Waals surface area contributed by atoms with Gasteiger partial charge in [-0.25, -0.2) is 4.98 Å². The highest BCUT2D eigenvalue weighted by Crippen LogP contribution is 2.36. The first kappa shape index (κ1) is 14.5. The molecule has 4 rings (SSSR count). The lowest BCUT2D eigenvalue weighted by molar-refractivity contribution is -0.164. The number of aliphatic hydroxyl groups is 1. The van der Waals surface area contributed by atoms with Crippen molar-refractivity contribution in [2.45, 2.75) is 63.1 Å². The molecule has 22 heavy (non-hydrogen) atoms. The maximum atomic E-state index is 10.3. The van der Waals surface area contributed by atoms with Gasteiger partial charge in [-0.15, -0.1) is 0 Å². The second-order valence-corrected chi connectivity index (χ2v) is 7.04. The lowest BCUT2D eigenvalue weighted by Gasteiger charge is -2.47. The van der Waals surface area contributed by atoms with E-state index in [1.807, 2.05) is 0 Å². The molecule has 0 bridgehead atoms. The zero-order valence-corrected chi connectivity index (χ0v) is 13.3. The first-order chi connectivity index (χ1) is 10.8. The van der Waals surface area contributed by atoms with Crippen molar-refractivity contribution in [3.05, 3.63) is 23.4 Å². The summed E-state index contributed by atoms with van der Waals surface area (Å²) in [5, 5.41) is 10.3. The Bertz CT molecular complexity index is 538. The molecule has 4 heteroatoms. The highest BCUT2D eigenvalue weighted by molar-refractivity contribution is 5.43. The summed E-state index contributed by atoms with van der Waals surface area (Å²) in [4.78, 5) is 7.28. The predicted octanol–water partition coefficient (Wildman–Crippen LogP) is 2.47. The van der Waals surface area contributed by atoms with Gasteiger partial charge in [0.05, 0.1) is 11.7 Å². The van der Waals surface area contributed by atoms with Crippen LogP contribution < -0.4 is 4.90 Å². The maximum absolute atomic E-state index is 10.3. The first-order valence-electron chi connectivity index (χ1n) is 8.83. The number of ether oxygens (including phenoxy) is 1. The van der Waals surface area contributed by atoms with Crippen LogP contribution in [0.15, 0.2) is 12.1 Å². The summed E-state index contributed by atoms with van der Waals surface area (Å²) in [6.07, 6.45) is 8.28. The number of aromatic nitrogens is 1. The fraction of sp³-hybridized carbons (Fsp3) is 0.722. The molecule has 1 atom stereocenters. The summed E-state index contributed by atoms with van der Waals surface area (Å²) >= 11 is 0. The van der Waals surface area contributed by atoms with Crippen molar-refractivity contribution in [1.82, 2.24) is 4.98 Å². The molecule has 1 spiro atoms. The molecule has 1 aromatic heterocycles. The van der Waals surface area contributed by atoms with Gasteiger partial charge in [-0.1, -0.05) is 6.07 Å². The van der Waals surface area contributed by atoms with Crippen molar-refractivity contribution in [1.29, 1.82) is 0 Å². The van der Waals surface area contributed by atoms with Crippen LogP contribution in [-0.4, -0.2) is 41.5 Å². The van der Waals surface area contributed by atoms with Gasteiger partial charge >= 0.3 is 0 Å². The van der Waals surface area contributed by atoms with E-state index < -0.39 is 0 Å². The lowest BCUT2D eigenvalue weighted by atomic mass is 9.82. The van der Waals surface area contributed by atoms with E-state index in [1.54, 1.807) is 0 Å². The van der Waals surface area contributed by atoms with Crippen molar-refractivity contribution in [3.63, 3.8) is 0 Å². The monoisotopic (exact) mass is 302 g/mol. The molecule has 1 N–H and O–H groups in total. The maximum Gasteiger partial charge on any atom is 0.128 e. The normalized spacial score (nSPS) is 27.7. The largest absolute Gasteiger partial charge is 0.390 e. The fourth-order valence-electron chi connectivity index (χ4n) is 4.25. The molecule has 0 saturated carbocycles. The molecule has 1 aliphatic carbocycles. The van der Waals surface area contributed by atoms with Crippen LogP contribution in [0.5, 0.6) is 0 Å². The van der Waals surface area contributed by atoms with Crippen molar-refractivity contribution >= 4 is 5.82 Å². The SMILES string of the molecule is OC1CCCOC12CCN(c1ccc3c(n1)CCCC3)CC2. The zero-order chi connectivity index (χ0) is 15.0. The Morgan fingerprint density at radius 1 is 1.14 bits per heavy atom. The average molecular weight is 302 g/mol. The van der Waals surface area contributed by atoms with Crippen molar-refractivity contribution in [3.8, 4) is 0 Å². The lowest BCUT2D eigenvalue weighted by Crippen LogP contribution is -2.55. The van der Waals surface area contributed by atoms with Gasteiger partial charge in [-0.05, 0) is 63.0 Å². The average Bonchev–Trinajstić information content (AvgIpc) is 2.58. The molecule has 0 radical (unpaired) electrons. The van der Waals surface area contributed by atoms with Gasteiger partial charge in [0.2, 0.25) is 0 Å². The highest BCUT2D eigenvalue weighted by Gasteiger charge is 2.43. The minimum Gasteiger partial charge on any atom is -0.390 e. The second kappa shape index (κ2) is 5.82. The minimum atomic E-state index is -0.292. The van der Waals surface area contributed by atoms with Crippen molar-refractivity contribution in [2.75, 3.05) is 24.6 Å². The molecule has 1 unspecified atom stereocenters. The Morgan fingerprint density at radius 2 is 1.95 bits per heavy atom. The third-order valence-corrected chi connectivity index (χ3v) is 5.72. The number of piperidine rings is 1. The van der Waals surface area contributed by atoms with Gasteiger partial charge in [-0.3, -0.25) is 0 Å². The smallest absolute Gasteiger partial charge is 0.128 e. The van der Waals surface area contributed by atoms with Gasteiger partial charge in [-0.2, -0.15) is 0 Å². The Morgan fingerprint density at radius 3 is 2.77 bits per heavy atom. The van der Waals surface area contributed by atoms with Gasteiger partial charge in [0, 0.05) is 25.4 Å². The second-order valence-electron chi connectivity index (χ2n) is 7.04. The van der Waals surface area contributed by atoms with Crippen LogP contribution in [0.1, 0.15) is 49.8 Å². The van der Waals surface area contributed by atoms with Crippen molar-refractivity contribution in [2.24, 2.45) is 0 Å². The first-order valence-corrected chi connectivity index (χ1v) is 8.83. The summed E-state index contributed by atoms with van der Waals surface area (Å²) in [5.41, 5.74) is 2.45. The van der Waals surface area contributed by atoms with E-state index in [0.29, 0.717) is 0 Å². The summed E-state index contributed by atoms with van der Waals surface area (Å²) in [6, 6.07) is 4.45. The van der Waals surface area contributed by atoms with Gasteiger partial charge in [0.25, 0.3) is 0 Å². The van der Waals surface area contributed by atoms with Crippen LogP contribution in [0, 0.1) is 0 Å². The molecule has 3 aliphatic rings. The summed E-state index contributed by atoms with van der Waals surface area (Å²) in [5.74, 6) is 1.11. The summed E-state index contributed by atoms with van der Waals surface area (Å²) < 4.78 is 6.00. The third kappa shape index (κ3) is 2.52.